The quantitative estimate of drug-likeness (QED) is 0.854. The highest BCUT2D eigenvalue weighted by atomic mass is 16.5. The van der Waals surface area contributed by atoms with Crippen LogP contribution >= 0.6 is 0 Å². The van der Waals surface area contributed by atoms with Crippen LogP contribution in [0.15, 0.2) is 30.3 Å². The first-order valence-corrected chi connectivity index (χ1v) is 7.04. The lowest BCUT2D eigenvalue weighted by Crippen LogP contribution is -2.49. The summed E-state index contributed by atoms with van der Waals surface area (Å²) in [6.07, 6.45) is 0.611. The zero-order valence-corrected chi connectivity index (χ0v) is 12.3. The molecule has 1 aliphatic heterocycles. The van der Waals surface area contributed by atoms with Crippen molar-refractivity contribution >= 4 is 17.6 Å². The molecule has 2 unspecified atom stereocenters. The summed E-state index contributed by atoms with van der Waals surface area (Å²) < 4.78 is 4.95. The van der Waals surface area contributed by atoms with Crippen molar-refractivity contribution in [3.8, 4) is 0 Å². The fourth-order valence-corrected chi connectivity index (χ4v) is 2.39. The number of nitrogens with one attached hydrogen (secondary N) is 2. The second-order valence-corrected chi connectivity index (χ2v) is 5.14. The van der Waals surface area contributed by atoms with Crippen molar-refractivity contribution in [2.45, 2.75) is 25.4 Å². The van der Waals surface area contributed by atoms with Gasteiger partial charge < -0.3 is 20.3 Å². The largest absolute Gasteiger partial charge is 0.383 e. The predicted octanol–water partition coefficient (Wildman–Crippen LogP) is 1.13. The van der Waals surface area contributed by atoms with Gasteiger partial charge in [0.25, 0.3) is 0 Å². The van der Waals surface area contributed by atoms with Gasteiger partial charge in [-0.15, -0.1) is 0 Å². The number of rotatable bonds is 5. The molecule has 2 rings (SSSR count). The molecule has 1 heterocycles. The van der Waals surface area contributed by atoms with Crippen LogP contribution in [0.1, 0.15) is 13.3 Å². The highest BCUT2D eigenvalue weighted by Gasteiger charge is 2.33. The monoisotopic (exact) mass is 291 g/mol. The molecule has 1 aromatic carbocycles. The molecule has 0 saturated carbocycles. The van der Waals surface area contributed by atoms with Crippen molar-refractivity contribution in [1.29, 1.82) is 0 Å². The molecule has 0 radical (unpaired) electrons. The molecule has 2 atom stereocenters. The van der Waals surface area contributed by atoms with Crippen LogP contribution in [0, 0.1) is 0 Å². The molecule has 114 valence electrons. The second kappa shape index (κ2) is 7.08. The Balaban J connectivity index is 1.89. The molecule has 0 aromatic heterocycles. The van der Waals surface area contributed by atoms with Crippen molar-refractivity contribution in [1.82, 2.24) is 10.6 Å². The first-order chi connectivity index (χ1) is 10.1. The third kappa shape index (κ3) is 3.95. The number of anilines is 1. The average molecular weight is 291 g/mol. The van der Waals surface area contributed by atoms with Crippen molar-refractivity contribution in [3.63, 3.8) is 0 Å². The van der Waals surface area contributed by atoms with Gasteiger partial charge in [0.2, 0.25) is 5.91 Å². The minimum atomic E-state index is -0.472. The van der Waals surface area contributed by atoms with Gasteiger partial charge in [-0.05, 0) is 25.5 Å². The van der Waals surface area contributed by atoms with Crippen molar-refractivity contribution < 1.29 is 14.3 Å². The number of hydrogen-bond acceptors (Lipinski definition) is 3. The van der Waals surface area contributed by atoms with Crippen LogP contribution < -0.4 is 15.5 Å². The summed E-state index contributed by atoms with van der Waals surface area (Å²) in [6.45, 7) is 2.89. The number of ether oxygens (including phenoxy) is 1. The molecule has 1 aliphatic rings. The van der Waals surface area contributed by atoms with E-state index in [4.69, 9.17) is 4.74 Å². The van der Waals surface area contributed by atoms with E-state index in [2.05, 4.69) is 10.6 Å². The lowest BCUT2D eigenvalue weighted by Gasteiger charge is -2.18. The summed E-state index contributed by atoms with van der Waals surface area (Å²) in [6, 6.07) is 8.56. The van der Waals surface area contributed by atoms with Crippen LogP contribution in [0.2, 0.25) is 0 Å². The summed E-state index contributed by atoms with van der Waals surface area (Å²) in [5.74, 6) is -0.0734. The molecule has 1 saturated heterocycles. The van der Waals surface area contributed by atoms with Gasteiger partial charge in [-0.2, -0.15) is 0 Å². The summed E-state index contributed by atoms with van der Waals surface area (Å²) >= 11 is 0. The SMILES string of the molecule is COCC(C)NC(=O)NC1CCN(c2ccccc2)C1=O. The third-order valence-electron chi connectivity index (χ3n) is 3.37. The zero-order chi connectivity index (χ0) is 15.2. The minimum absolute atomic E-state index is 0.0734. The van der Waals surface area contributed by atoms with Crippen molar-refractivity contribution in [2.24, 2.45) is 0 Å². The van der Waals surface area contributed by atoms with Gasteiger partial charge in [-0.25, -0.2) is 4.79 Å². The van der Waals surface area contributed by atoms with E-state index >= 15 is 0 Å². The number of benzene rings is 1. The molecule has 6 heteroatoms. The number of carbonyl (C=O) groups excluding carboxylic acids is 2. The molecule has 6 nitrogen and oxygen atoms in total. The van der Waals surface area contributed by atoms with E-state index in [-0.39, 0.29) is 18.0 Å². The normalized spacial score (nSPS) is 19.4. The maximum atomic E-state index is 12.3. The van der Waals surface area contributed by atoms with Crippen LogP contribution in [-0.2, 0) is 9.53 Å². The van der Waals surface area contributed by atoms with Gasteiger partial charge >= 0.3 is 6.03 Å². The van der Waals surface area contributed by atoms with Crippen LogP contribution in [0.5, 0.6) is 0 Å². The summed E-state index contributed by atoms with van der Waals surface area (Å²) in [5.41, 5.74) is 0.861. The third-order valence-corrected chi connectivity index (χ3v) is 3.37. The topological polar surface area (TPSA) is 70.7 Å². The molecule has 1 aromatic rings. The van der Waals surface area contributed by atoms with Gasteiger partial charge in [-0.1, -0.05) is 18.2 Å². The van der Waals surface area contributed by atoms with Gasteiger partial charge in [0.05, 0.1) is 12.6 Å². The number of urea groups is 1. The second-order valence-electron chi connectivity index (χ2n) is 5.14. The molecule has 3 amide bonds. The van der Waals surface area contributed by atoms with E-state index in [0.29, 0.717) is 19.6 Å². The summed E-state index contributed by atoms with van der Waals surface area (Å²) in [5, 5.41) is 5.46. The lowest BCUT2D eigenvalue weighted by molar-refractivity contribution is -0.118. The van der Waals surface area contributed by atoms with Gasteiger partial charge in [0, 0.05) is 19.3 Å². The van der Waals surface area contributed by atoms with Gasteiger partial charge in [-0.3, -0.25) is 4.79 Å². The minimum Gasteiger partial charge on any atom is -0.383 e. The first kappa shape index (κ1) is 15.3. The number of amides is 3. The standard InChI is InChI=1S/C15H21N3O3/c1-11(10-21-2)16-15(20)17-13-8-9-18(14(13)19)12-6-4-3-5-7-12/h3-7,11,13H,8-10H2,1-2H3,(H2,16,17,20). The maximum Gasteiger partial charge on any atom is 0.315 e. The number of carbonyl (C=O) groups is 2. The number of para-hydroxylation sites is 1. The van der Waals surface area contributed by atoms with Crippen molar-refractivity contribution in [3.05, 3.63) is 30.3 Å². The van der Waals surface area contributed by atoms with E-state index < -0.39 is 6.04 Å². The first-order valence-electron chi connectivity index (χ1n) is 7.04. The van der Waals surface area contributed by atoms with Crippen LogP contribution in [0.25, 0.3) is 0 Å². The molecule has 1 fully saturated rings. The van der Waals surface area contributed by atoms with E-state index in [1.807, 2.05) is 37.3 Å². The molecule has 0 bridgehead atoms. The van der Waals surface area contributed by atoms with Crippen LogP contribution in [-0.4, -0.2) is 44.3 Å². The van der Waals surface area contributed by atoms with Crippen LogP contribution in [0.4, 0.5) is 10.5 Å². The summed E-state index contributed by atoms with van der Waals surface area (Å²) in [7, 11) is 1.58. The Hall–Kier alpha value is -2.08. The van der Waals surface area contributed by atoms with E-state index in [1.54, 1.807) is 12.0 Å². The Labute approximate surface area is 124 Å². The zero-order valence-electron chi connectivity index (χ0n) is 12.3. The van der Waals surface area contributed by atoms with Gasteiger partial charge in [0.15, 0.2) is 0 Å². The fourth-order valence-electron chi connectivity index (χ4n) is 2.39. The van der Waals surface area contributed by atoms with Crippen molar-refractivity contribution in [2.75, 3.05) is 25.2 Å². The highest BCUT2D eigenvalue weighted by Crippen LogP contribution is 2.20. The molecular weight excluding hydrogens is 270 g/mol. The Morgan fingerprint density at radius 2 is 2.14 bits per heavy atom. The Morgan fingerprint density at radius 3 is 2.81 bits per heavy atom. The average Bonchev–Trinajstić information content (AvgIpc) is 2.81. The fraction of sp³-hybridized carbons (Fsp3) is 0.467. The number of methoxy groups -OCH3 is 1. The lowest BCUT2D eigenvalue weighted by atomic mass is 10.2. The number of nitrogens with zero attached hydrogens (tertiary/aromatic N) is 1. The molecule has 2 N–H and O–H groups in total. The van der Waals surface area contributed by atoms with E-state index in [0.717, 1.165) is 5.69 Å². The van der Waals surface area contributed by atoms with Gasteiger partial charge in [0.1, 0.15) is 6.04 Å². The molecule has 0 spiro atoms. The molecule has 21 heavy (non-hydrogen) atoms. The Morgan fingerprint density at radius 1 is 1.43 bits per heavy atom. The Bertz CT molecular complexity index is 492. The van der Waals surface area contributed by atoms with Crippen LogP contribution in [0.3, 0.4) is 0 Å². The summed E-state index contributed by atoms with van der Waals surface area (Å²) in [4.78, 5) is 25.8. The smallest absolute Gasteiger partial charge is 0.315 e. The Kier molecular flexibility index (Phi) is 5.16. The molecule has 0 aliphatic carbocycles. The predicted molar refractivity (Wildman–Crippen MR) is 80.2 cm³/mol. The maximum absolute atomic E-state index is 12.3. The number of hydrogen-bond donors (Lipinski definition) is 2. The molecular formula is C15H21N3O3. The van der Waals surface area contributed by atoms with E-state index in [9.17, 15) is 9.59 Å². The van der Waals surface area contributed by atoms with E-state index in [1.165, 1.54) is 0 Å². The highest BCUT2D eigenvalue weighted by molar-refractivity contribution is 6.01.